The van der Waals surface area contributed by atoms with Crippen LogP contribution in [-0.4, -0.2) is 34.5 Å². The number of carboxylic acids is 1. The van der Waals surface area contributed by atoms with E-state index in [1.165, 1.54) is 0 Å². The van der Waals surface area contributed by atoms with Crippen molar-refractivity contribution in [1.82, 2.24) is 4.57 Å². The predicted octanol–water partition coefficient (Wildman–Crippen LogP) is 0.968. The van der Waals surface area contributed by atoms with E-state index in [2.05, 4.69) is 4.74 Å². The fourth-order valence-electron chi connectivity index (χ4n) is 3.11. The number of Topliss-reactive ketones (excluding diaryl/α,β-unsaturated/α-hetero) is 1. The maximum atomic E-state index is 12.0. The van der Waals surface area contributed by atoms with E-state index in [1.54, 1.807) is 11.5 Å². The van der Waals surface area contributed by atoms with Gasteiger partial charge in [0.1, 0.15) is 5.69 Å². The zero-order valence-corrected chi connectivity index (χ0v) is 10.6. The number of ether oxygens (including phenoxy) is 1. The van der Waals surface area contributed by atoms with Crippen molar-refractivity contribution < 1.29 is 24.2 Å². The highest BCUT2D eigenvalue weighted by molar-refractivity contribution is 6.41. The third-order valence-corrected chi connectivity index (χ3v) is 4.02. The lowest BCUT2D eigenvalue weighted by Crippen LogP contribution is -2.18. The van der Waals surface area contributed by atoms with Crippen LogP contribution in [0.1, 0.15) is 44.6 Å². The van der Waals surface area contributed by atoms with Gasteiger partial charge in [0, 0.05) is 11.7 Å². The van der Waals surface area contributed by atoms with Gasteiger partial charge in [-0.1, -0.05) is 0 Å². The summed E-state index contributed by atoms with van der Waals surface area (Å²) in [5.41, 5.74) is 1.39. The number of hydrogen-bond donors (Lipinski definition) is 1. The topological polar surface area (TPSA) is 85.6 Å². The molecule has 1 N–H and O–H groups in total. The Hall–Kier alpha value is -2.11. The zero-order chi connectivity index (χ0) is 13.9. The molecule has 1 aliphatic carbocycles. The molecule has 19 heavy (non-hydrogen) atoms. The molecule has 0 aromatic carbocycles. The summed E-state index contributed by atoms with van der Waals surface area (Å²) >= 11 is 0. The molecule has 0 unspecified atom stereocenters. The van der Waals surface area contributed by atoms with E-state index in [4.69, 9.17) is 0 Å². The van der Waals surface area contributed by atoms with Crippen LogP contribution in [0.3, 0.4) is 0 Å². The second-order valence-corrected chi connectivity index (χ2v) is 5.06. The number of esters is 1. The number of fused-ring (bicyclic) bond motifs is 3. The highest BCUT2D eigenvalue weighted by Gasteiger charge is 2.50. The van der Waals surface area contributed by atoms with Gasteiger partial charge in [0.25, 0.3) is 5.78 Å². The number of methoxy groups -OCH3 is 1. The molecule has 2 aliphatic rings. The van der Waals surface area contributed by atoms with Gasteiger partial charge in [0.15, 0.2) is 0 Å². The van der Waals surface area contributed by atoms with Crippen LogP contribution in [0.2, 0.25) is 0 Å². The van der Waals surface area contributed by atoms with Crippen molar-refractivity contribution in [3.05, 3.63) is 22.5 Å². The largest absolute Gasteiger partial charge is 0.477 e. The first-order chi connectivity index (χ1) is 8.97. The minimum Gasteiger partial charge on any atom is -0.477 e. The smallest absolute Gasteiger partial charge is 0.379 e. The molecule has 1 fully saturated rings. The Labute approximate surface area is 109 Å². The summed E-state index contributed by atoms with van der Waals surface area (Å²) in [7, 11) is 1.14. The first-order valence-electron chi connectivity index (χ1n) is 6.07. The highest BCUT2D eigenvalue weighted by Crippen LogP contribution is 2.54. The Morgan fingerprint density at radius 2 is 2.05 bits per heavy atom. The SMILES string of the molecule is COC(=O)C(=O)c1c(C)c(C(=O)O)n2c1C[C@H]1C[C@H]12. The summed E-state index contributed by atoms with van der Waals surface area (Å²) in [6.45, 7) is 1.57. The van der Waals surface area contributed by atoms with Crippen LogP contribution in [0.5, 0.6) is 0 Å². The average Bonchev–Trinajstić information content (AvgIpc) is 2.94. The molecular weight excluding hydrogens is 250 g/mol. The standard InChI is InChI=1S/C13H13NO5/c1-5-9(11(15)13(18)19-2)8-4-6-3-7(6)14(8)10(5)12(16)17/h6-7H,3-4H2,1-2H3,(H,16,17)/t6-,7-/m1/s1. The molecule has 2 atom stereocenters. The number of aromatic nitrogens is 1. The minimum atomic E-state index is -1.06. The van der Waals surface area contributed by atoms with Gasteiger partial charge in [-0.05, 0) is 31.2 Å². The van der Waals surface area contributed by atoms with Gasteiger partial charge in [-0.15, -0.1) is 0 Å². The number of carbonyl (C=O) groups is 3. The normalized spacial score (nSPS) is 22.6. The molecule has 6 heteroatoms. The summed E-state index contributed by atoms with van der Waals surface area (Å²) in [6, 6.07) is 0.180. The number of carboxylic acid groups (broad SMARTS) is 1. The Bertz CT molecular complexity index is 627. The van der Waals surface area contributed by atoms with Gasteiger partial charge >= 0.3 is 11.9 Å². The molecular formula is C13H13NO5. The first kappa shape index (κ1) is 12.0. The second kappa shape index (κ2) is 3.69. The van der Waals surface area contributed by atoms with Crippen molar-refractivity contribution in [3.8, 4) is 0 Å². The lowest BCUT2D eigenvalue weighted by molar-refractivity contribution is -0.135. The van der Waals surface area contributed by atoms with Crippen LogP contribution in [0.25, 0.3) is 0 Å². The number of ketones is 1. The Morgan fingerprint density at radius 3 is 2.63 bits per heavy atom. The molecule has 0 spiro atoms. The van der Waals surface area contributed by atoms with Crippen LogP contribution in [0.15, 0.2) is 0 Å². The third-order valence-electron chi connectivity index (χ3n) is 4.02. The van der Waals surface area contributed by atoms with Gasteiger partial charge in [0.2, 0.25) is 0 Å². The van der Waals surface area contributed by atoms with E-state index in [0.29, 0.717) is 23.6 Å². The van der Waals surface area contributed by atoms with Crippen molar-refractivity contribution in [1.29, 1.82) is 0 Å². The van der Waals surface area contributed by atoms with Crippen LogP contribution in [-0.2, 0) is 16.0 Å². The van der Waals surface area contributed by atoms with Crippen molar-refractivity contribution in [2.45, 2.75) is 25.8 Å². The molecule has 0 bridgehead atoms. The Balaban J connectivity index is 2.19. The van der Waals surface area contributed by atoms with E-state index >= 15 is 0 Å². The molecule has 1 saturated carbocycles. The minimum absolute atomic E-state index is 0.132. The molecule has 100 valence electrons. The molecule has 1 aromatic rings. The molecule has 0 saturated heterocycles. The van der Waals surface area contributed by atoms with Crippen molar-refractivity contribution in [2.75, 3.05) is 7.11 Å². The second-order valence-electron chi connectivity index (χ2n) is 5.06. The molecule has 6 nitrogen and oxygen atoms in total. The van der Waals surface area contributed by atoms with Crippen molar-refractivity contribution in [3.63, 3.8) is 0 Å². The summed E-state index contributed by atoms with van der Waals surface area (Å²) in [5.74, 6) is -2.35. The lowest BCUT2D eigenvalue weighted by atomic mass is 10.0. The molecule has 3 rings (SSSR count). The predicted molar refractivity (Wildman–Crippen MR) is 63.3 cm³/mol. The van der Waals surface area contributed by atoms with Gasteiger partial charge in [-0.3, -0.25) is 4.79 Å². The molecule has 0 amide bonds. The van der Waals surface area contributed by atoms with Gasteiger partial charge in [-0.2, -0.15) is 0 Å². The summed E-state index contributed by atoms with van der Waals surface area (Å²) < 4.78 is 6.16. The van der Waals surface area contributed by atoms with E-state index in [-0.39, 0.29) is 17.3 Å². The van der Waals surface area contributed by atoms with Crippen LogP contribution < -0.4 is 0 Å². The van der Waals surface area contributed by atoms with Crippen molar-refractivity contribution in [2.24, 2.45) is 5.92 Å². The van der Waals surface area contributed by atoms with Gasteiger partial charge in [-0.25, -0.2) is 9.59 Å². The maximum Gasteiger partial charge on any atom is 0.379 e. The zero-order valence-electron chi connectivity index (χ0n) is 10.6. The summed E-state index contributed by atoms with van der Waals surface area (Å²) in [5, 5.41) is 9.31. The van der Waals surface area contributed by atoms with E-state index < -0.39 is 17.7 Å². The summed E-state index contributed by atoms with van der Waals surface area (Å²) in [6.07, 6.45) is 1.62. The molecule has 1 aromatic heterocycles. The van der Waals surface area contributed by atoms with Crippen molar-refractivity contribution >= 4 is 17.7 Å². The van der Waals surface area contributed by atoms with E-state index in [9.17, 15) is 19.5 Å². The quantitative estimate of drug-likeness (QED) is 0.499. The fourth-order valence-corrected chi connectivity index (χ4v) is 3.11. The third kappa shape index (κ3) is 1.46. The maximum absolute atomic E-state index is 12.0. The number of aromatic carboxylic acids is 1. The molecule has 1 aliphatic heterocycles. The van der Waals surface area contributed by atoms with Crippen LogP contribution in [0.4, 0.5) is 0 Å². The number of nitrogens with zero attached hydrogens (tertiary/aromatic N) is 1. The highest BCUT2D eigenvalue weighted by atomic mass is 16.5. The Morgan fingerprint density at radius 1 is 1.37 bits per heavy atom. The number of carbonyl (C=O) groups excluding carboxylic acids is 2. The monoisotopic (exact) mass is 263 g/mol. The Kier molecular flexibility index (Phi) is 2.32. The lowest BCUT2D eigenvalue weighted by Gasteiger charge is -2.04. The van der Waals surface area contributed by atoms with E-state index in [0.717, 1.165) is 13.5 Å². The van der Waals surface area contributed by atoms with Crippen LogP contribution in [0, 0.1) is 12.8 Å². The fraction of sp³-hybridized carbons (Fsp3) is 0.462. The van der Waals surface area contributed by atoms with Gasteiger partial charge < -0.3 is 14.4 Å². The van der Waals surface area contributed by atoms with Gasteiger partial charge in [0.05, 0.1) is 12.7 Å². The average molecular weight is 263 g/mol. The molecule has 2 heterocycles. The van der Waals surface area contributed by atoms with Crippen LogP contribution >= 0.6 is 0 Å². The first-order valence-corrected chi connectivity index (χ1v) is 6.07. The number of rotatable bonds is 3. The molecule has 0 radical (unpaired) electrons. The number of hydrogen-bond acceptors (Lipinski definition) is 4. The summed E-state index contributed by atoms with van der Waals surface area (Å²) in [4.78, 5) is 34.8. The van der Waals surface area contributed by atoms with E-state index in [1.807, 2.05) is 0 Å².